The topological polar surface area (TPSA) is 101 Å². The molecule has 0 radical (unpaired) electrons. The molecule has 2 heterocycles. The van der Waals surface area contributed by atoms with E-state index in [9.17, 15) is 18.0 Å². The van der Waals surface area contributed by atoms with Crippen molar-refractivity contribution in [3.05, 3.63) is 64.6 Å². The third-order valence-electron chi connectivity index (χ3n) is 6.10. The Hall–Kier alpha value is -3.04. The third kappa shape index (κ3) is 4.76. The molecule has 1 saturated heterocycles. The molecule has 0 bridgehead atoms. The minimum Gasteiger partial charge on any atom is -0.321 e. The van der Waals surface area contributed by atoms with Crippen LogP contribution in [0.4, 0.5) is 5.69 Å². The van der Waals surface area contributed by atoms with Crippen LogP contribution in [-0.4, -0.2) is 41.5 Å². The van der Waals surface area contributed by atoms with Crippen LogP contribution in [0.15, 0.2) is 58.2 Å². The number of carbonyl (C=O) groups is 1. The predicted octanol–water partition coefficient (Wildman–Crippen LogP) is 3.73. The van der Waals surface area contributed by atoms with Gasteiger partial charge in [0.15, 0.2) is 5.69 Å². The minimum absolute atomic E-state index is 0.150. The Labute approximate surface area is 199 Å². The molecule has 0 saturated carbocycles. The normalized spacial score (nSPS) is 19.3. The van der Waals surface area contributed by atoms with Gasteiger partial charge in [0.05, 0.1) is 10.3 Å². The molecule has 34 heavy (non-hydrogen) atoms. The van der Waals surface area contributed by atoms with Crippen LogP contribution >= 0.6 is 0 Å². The molecule has 0 unspecified atom stereocenters. The zero-order chi connectivity index (χ0) is 24.5. The fraction of sp³-hybridized carbons (Fsp3) is 0.400. The van der Waals surface area contributed by atoms with Crippen molar-refractivity contribution in [1.29, 1.82) is 0 Å². The molecule has 1 aromatic heterocycles. The second kappa shape index (κ2) is 9.68. The van der Waals surface area contributed by atoms with Crippen molar-refractivity contribution in [2.75, 3.05) is 18.4 Å². The number of nitrogens with one attached hydrogen (secondary N) is 1. The van der Waals surface area contributed by atoms with Crippen molar-refractivity contribution in [1.82, 2.24) is 14.1 Å². The molecule has 9 heteroatoms. The summed E-state index contributed by atoms with van der Waals surface area (Å²) in [4.78, 5) is 25.9. The second-order valence-corrected chi connectivity index (χ2v) is 11.1. The molecule has 2 atom stereocenters. The number of hydrogen-bond donors (Lipinski definition) is 1. The fourth-order valence-electron chi connectivity index (χ4n) is 4.62. The number of nitrogens with zero attached hydrogens (tertiary/aromatic N) is 3. The summed E-state index contributed by atoms with van der Waals surface area (Å²) in [6, 6.07) is 13.1. The summed E-state index contributed by atoms with van der Waals surface area (Å²) in [6.07, 6.45) is 1.72. The van der Waals surface area contributed by atoms with E-state index in [0.717, 1.165) is 6.42 Å². The minimum atomic E-state index is -3.60. The van der Waals surface area contributed by atoms with Gasteiger partial charge >= 0.3 is 0 Å². The number of fused-ring (bicyclic) bond motifs is 1. The number of piperidine rings is 1. The van der Waals surface area contributed by atoms with E-state index in [1.54, 1.807) is 40.7 Å². The summed E-state index contributed by atoms with van der Waals surface area (Å²) in [5, 5.41) is 8.00. The molecular formula is C25H30N4O4S. The maximum Gasteiger partial charge on any atom is 0.276 e. The van der Waals surface area contributed by atoms with E-state index in [1.165, 1.54) is 16.8 Å². The second-order valence-electron chi connectivity index (χ2n) is 9.17. The standard InChI is InChI=1S/C25H30N4O4S/c1-4-13-29-25(31)22-8-6-5-7-21(22)23(27-29)24(30)26-19-9-11-20(12-10-19)34(32,33)28-15-17(2)14-18(3)16-28/h5-12,17-18H,4,13-16H2,1-3H3,(H,26,30)/t17-,18-/m0/s1. The average Bonchev–Trinajstić information content (AvgIpc) is 2.80. The third-order valence-corrected chi connectivity index (χ3v) is 7.95. The maximum atomic E-state index is 13.1. The van der Waals surface area contributed by atoms with Gasteiger partial charge in [0.2, 0.25) is 10.0 Å². The van der Waals surface area contributed by atoms with Gasteiger partial charge in [0, 0.05) is 30.7 Å². The quantitative estimate of drug-likeness (QED) is 0.577. The van der Waals surface area contributed by atoms with Crippen LogP contribution in [-0.2, 0) is 16.6 Å². The number of aryl methyl sites for hydroxylation is 1. The molecule has 2 aromatic carbocycles. The Bertz CT molecular complexity index is 1360. The lowest BCUT2D eigenvalue weighted by atomic mass is 9.94. The first-order valence-corrected chi connectivity index (χ1v) is 13.1. The molecule has 3 aromatic rings. The van der Waals surface area contributed by atoms with Crippen molar-refractivity contribution in [3.8, 4) is 0 Å². The largest absolute Gasteiger partial charge is 0.321 e. The van der Waals surface area contributed by atoms with Gasteiger partial charge in [0.25, 0.3) is 11.5 Å². The van der Waals surface area contributed by atoms with Gasteiger partial charge in [0.1, 0.15) is 0 Å². The van der Waals surface area contributed by atoms with Crippen LogP contribution in [0.5, 0.6) is 0 Å². The van der Waals surface area contributed by atoms with Crippen LogP contribution in [0.3, 0.4) is 0 Å². The summed E-state index contributed by atoms with van der Waals surface area (Å²) < 4.78 is 29.1. The highest BCUT2D eigenvalue weighted by Crippen LogP contribution is 2.27. The van der Waals surface area contributed by atoms with Crippen molar-refractivity contribution < 1.29 is 13.2 Å². The van der Waals surface area contributed by atoms with Gasteiger partial charge in [-0.2, -0.15) is 9.40 Å². The summed E-state index contributed by atoms with van der Waals surface area (Å²) in [6.45, 7) is 7.50. The Morgan fingerprint density at radius 1 is 1.03 bits per heavy atom. The lowest BCUT2D eigenvalue weighted by molar-refractivity contribution is 0.102. The molecule has 1 aliphatic rings. The highest BCUT2D eigenvalue weighted by atomic mass is 32.2. The van der Waals surface area contributed by atoms with Gasteiger partial charge in [-0.05, 0) is 55.0 Å². The molecule has 1 amide bonds. The molecule has 8 nitrogen and oxygen atoms in total. The van der Waals surface area contributed by atoms with Gasteiger partial charge in [-0.3, -0.25) is 9.59 Å². The molecule has 1 N–H and O–H groups in total. The summed E-state index contributed by atoms with van der Waals surface area (Å²) in [5.41, 5.74) is 0.366. The summed E-state index contributed by atoms with van der Waals surface area (Å²) in [5.74, 6) is 0.168. The summed E-state index contributed by atoms with van der Waals surface area (Å²) >= 11 is 0. The number of benzene rings is 2. The number of rotatable bonds is 6. The number of sulfonamides is 1. The lowest BCUT2D eigenvalue weighted by Crippen LogP contribution is -2.42. The first-order valence-electron chi connectivity index (χ1n) is 11.6. The number of carbonyl (C=O) groups excluding carboxylic acids is 1. The molecule has 1 fully saturated rings. The number of amides is 1. The van der Waals surface area contributed by atoms with Gasteiger partial charge < -0.3 is 5.32 Å². The summed E-state index contributed by atoms with van der Waals surface area (Å²) in [7, 11) is -3.60. The average molecular weight is 483 g/mol. The molecule has 4 rings (SSSR count). The van der Waals surface area contributed by atoms with E-state index in [0.29, 0.717) is 54.4 Å². The van der Waals surface area contributed by atoms with E-state index in [-0.39, 0.29) is 16.1 Å². The van der Waals surface area contributed by atoms with E-state index in [4.69, 9.17) is 0 Å². The Morgan fingerprint density at radius 3 is 2.26 bits per heavy atom. The monoisotopic (exact) mass is 482 g/mol. The molecular weight excluding hydrogens is 452 g/mol. The van der Waals surface area contributed by atoms with E-state index < -0.39 is 15.9 Å². The van der Waals surface area contributed by atoms with E-state index in [2.05, 4.69) is 24.3 Å². The molecule has 1 aliphatic heterocycles. The van der Waals surface area contributed by atoms with Crippen LogP contribution in [0, 0.1) is 11.8 Å². The highest BCUT2D eigenvalue weighted by Gasteiger charge is 2.31. The first kappa shape index (κ1) is 24.1. The van der Waals surface area contributed by atoms with Gasteiger partial charge in [-0.1, -0.05) is 39.0 Å². The molecule has 180 valence electrons. The Morgan fingerprint density at radius 2 is 1.65 bits per heavy atom. The molecule has 0 aliphatic carbocycles. The van der Waals surface area contributed by atoms with E-state index in [1.807, 2.05) is 6.92 Å². The van der Waals surface area contributed by atoms with Crippen LogP contribution in [0.25, 0.3) is 10.8 Å². The first-order chi connectivity index (χ1) is 16.2. The van der Waals surface area contributed by atoms with Gasteiger partial charge in [-0.25, -0.2) is 13.1 Å². The lowest BCUT2D eigenvalue weighted by Gasteiger charge is -2.34. The number of anilines is 1. The SMILES string of the molecule is CCCn1nc(C(=O)Nc2ccc(S(=O)(=O)N3C[C@@H](C)C[C@H](C)C3)cc2)c2ccccc2c1=O. The Balaban J connectivity index is 1.59. The number of hydrogen-bond acceptors (Lipinski definition) is 5. The van der Waals surface area contributed by atoms with Gasteiger partial charge in [-0.15, -0.1) is 0 Å². The van der Waals surface area contributed by atoms with Crippen molar-refractivity contribution in [3.63, 3.8) is 0 Å². The van der Waals surface area contributed by atoms with Crippen molar-refractivity contribution >= 4 is 32.4 Å². The smallest absolute Gasteiger partial charge is 0.276 e. The van der Waals surface area contributed by atoms with Crippen LogP contribution in [0.2, 0.25) is 0 Å². The maximum absolute atomic E-state index is 13.1. The molecule has 0 spiro atoms. The predicted molar refractivity (Wildman–Crippen MR) is 132 cm³/mol. The van der Waals surface area contributed by atoms with Crippen LogP contribution in [0.1, 0.15) is 44.1 Å². The Kier molecular flexibility index (Phi) is 6.86. The zero-order valence-corrected chi connectivity index (χ0v) is 20.5. The highest BCUT2D eigenvalue weighted by molar-refractivity contribution is 7.89. The van der Waals surface area contributed by atoms with E-state index >= 15 is 0 Å². The fourth-order valence-corrected chi connectivity index (χ4v) is 6.30. The number of aromatic nitrogens is 2. The zero-order valence-electron chi connectivity index (χ0n) is 19.7. The van der Waals surface area contributed by atoms with Crippen molar-refractivity contribution in [2.45, 2.75) is 45.1 Å². The van der Waals surface area contributed by atoms with Crippen LogP contribution < -0.4 is 10.9 Å². The van der Waals surface area contributed by atoms with Crippen molar-refractivity contribution in [2.24, 2.45) is 11.8 Å².